The van der Waals surface area contributed by atoms with E-state index in [0.717, 1.165) is 59.6 Å². The molecule has 2 heterocycles. The molecule has 1 aliphatic rings. The van der Waals surface area contributed by atoms with Gasteiger partial charge in [0, 0.05) is 60.1 Å². The molecule has 1 aromatic heterocycles. The van der Waals surface area contributed by atoms with Crippen molar-refractivity contribution in [3.8, 4) is 22.9 Å². The van der Waals surface area contributed by atoms with Crippen LogP contribution in [0, 0.1) is 0 Å². The summed E-state index contributed by atoms with van der Waals surface area (Å²) < 4.78 is 15.2. The molecule has 4 rings (SSSR count). The minimum atomic E-state index is 0.412. The van der Waals surface area contributed by atoms with Crippen LogP contribution in [0.3, 0.4) is 0 Å². The van der Waals surface area contributed by atoms with Gasteiger partial charge in [-0.2, -0.15) is 9.36 Å². The number of nitrogens with one attached hydrogen (secondary N) is 1. The van der Waals surface area contributed by atoms with E-state index in [9.17, 15) is 0 Å². The molecule has 0 atom stereocenters. The number of methoxy groups -OCH3 is 2. The normalized spacial score (nSPS) is 14.7. The highest BCUT2D eigenvalue weighted by Crippen LogP contribution is 2.29. The molecule has 0 saturated carbocycles. The second kappa shape index (κ2) is 8.48. The third-order valence-corrected chi connectivity index (χ3v) is 5.71. The van der Waals surface area contributed by atoms with Crippen molar-refractivity contribution >= 4 is 22.4 Å². The van der Waals surface area contributed by atoms with Crippen LogP contribution in [0.4, 0.5) is 10.8 Å². The van der Waals surface area contributed by atoms with Gasteiger partial charge in [-0.05, 0) is 12.8 Å². The van der Waals surface area contributed by atoms with Gasteiger partial charge in [0.15, 0.2) is 5.82 Å². The van der Waals surface area contributed by atoms with E-state index in [0.29, 0.717) is 6.04 Å². The Hall–Kier alpha value is -2.80. The molecule has 3 aromatic rings. The highest BCUT2D eigenvalue weighted by Gasteiger charge is 2.22. The Balaban J connectivity index is 1.37. The lowest BCUT2D eigenvalue weighted by atomic mass is 10.0. The lowest BCUT2D eigenvalue weighted by Crippen LogP contribution is -2.39. The van der Waals surface area contributed by atoms with E-state index < -0.39 is 0 Å². The molecule has 6 nitrogen and oxygen atoms in total. The smallest absolute Gasteiger partial charge is 0.205 e. The average molecular weight is 397 g/mol. The molecule has 7 heteroatoms. The van der Waals surface area contributed by atoms with Gasteiger partial charge in [0.2, 0.25) is 5.13 Å². The van der Waals surface area contributed by atoms with Gasteiger partial charge in [-0.25, -0.2) is 0 Å². The number of benzene rings is 2. The summed E-state index contributed by atoms with van der Waals surface area (Å²) in [4.78, 5) is 7.07. The standard InChI is InChI=1S/C21H24N4O2S/c1-26-18-12-17(13-19(14-18)27-2)22-16-8-10-25(11-9-16)21-23-20(24-28-21)15-6-4-3-5-7-15/h3-7,12-14,16,22H,8-11H2,1-2H3. The molecular formula is C21H24N4O2S. The number of piperidine rings is 1. The topological polar surface area (TPSA) is 59.5 Å². The molecule has 28 heavy (non-hydrogen) atoms. The lowest BCUT2D eigenvalue weighted by Gasteiger charge is -2.32. The van der Waals surface area contributed by atoms with E-state index in [-0.39, 0.29) is 0 Å². The first-order valence-electron chi connectivity index (χ1n) is 9.39. The fraction of sp³-hybridized carbons (Fsp3) is 0.333. The van der Waals surface area contributed by atoms with Crippen LogP contribution in [0.15, 0.2) is 48.5 Å². The Morgan fingerprint density at radius 2 is 1.68 bits per heavy atom. The summed E-state index contributed by atoms with van der Waals surface area (Å²) >= 11 is 1.48. The Bertz CT molecular complexity index is 886. The van der Waals surface area contributed by atoms with Crippen molar-refractivity contribution in [1.82, 2.24) is 9.36 Å². The van der Waals surface area contributed by atoms with Gasteiger partial charge in [0.05, 0.1) is 14.2 Å². The minimum absolute atomic E-state index is 0.412. The molecule has 0 bridgehead atoms. The molecular weight excluding hydrogens is 372 g/mol. The average Bonchev–Trinajstić information content (AvgIpc) is 3.25. The molecule has 0 radical (unpaired) electrons. The molecule has 0 unspecified atom stereocenters. The summed E-state index contributed by atoms with van der Waals surface area (Å²) in [5, 5.41) is 4.61. The van der Waals surface area contributed by atoms with Crippen molar-refractivity contribution in [3.63, 3.8) is 0 Å². The van der Waals surface area contributed by atoms with Crippen LogP contribution < -0.4 is 19.7 Å². The number of anilines is 2. The van der Waals surface area contributed by atoms with Crippen molar-refractivity contribution in [2.75, 3.05) is 37.5 Å². The molecule has 0 aliphatic carbocycles. The van der Waals surface area contributed by atoms with Crippen molar-refractivity contribution in [2.24, 2.45) is 0 Å². The summed E-state index contributed by atoms with van der Waals surface area (Å²) in [5.41, 5.74) is 2.09. The maximum absolute atomic E-state index is 5.36. The van der Waals surface area contributed by atoms with Gasteiger partial charge in [-0.1, -0.05) is 30.3 Å². The van der Waals surface area contributed by atoms with Crippen LogP contribution in [0.25, 0.3) is 11.4 Å². The fourth-order valence-corrected chi connectivity index (χ4v) is 4.13. The summed E-state index contributed by atoms with van der Waals surface area (Å²) in [6, 6.07) is 16.4. The second-order valence-corrected chi connectivity index (χ2v) is 7.50. The zero-order valence-electron chi connectivity index (χ0n) is 16.1. The van der Waals surface area contributed by atoms with Gasteiger partial charge in [-0.3, -0.25) is 0 Å². The number of ether oxygens (including phenoxy) is 2. The largest absolute Gasteiger partial charge is 0.497 e. The van der Waals surface area contributed by atoms with E-state index in [1.54, 1.807) is 14.2 Å². The predicted molar refractivity (Wildman–Crippen MR) is 114 cm³/mol. The molecule has 2 aromatic carbocycles. The van der Waals surface area contributed by atoms with Crippen molar-refractivity contribution in [3.05, 3.63) is 48.5 Å². The number of nitrogens with zero attached hydrogens (tertiary/aromatic N) is 3. The molecule has 1 N–H and O–H groups in total. The van der Waals surface area contributed by atoms with Gasteiger partial charge in [0.1, 0.15) is 11.5 Å². The van der Waals surface area contributed by atoms with E-state index in [1.807, 2.05) is 48.5 Å². The van der Waals surface area contributed by atoms with Crippen LogP contribution in [-0.4, -0.2) is 42.7 Å². The van der Waals surface area contributed by atoms with E-state index in [1.165, 1.54) is 11.5 Å². The van der Waals surface area contributed by atoms with Gasteiger partial charge in [0.25, 0.3) is 0 Å². The number of aromatic nitrogens is 2. The molecule has 1 fully saturated rings. The van der Waals surface area contributed by atoms with Crippen LogP contribution >= 0.6 is 11.5 Å². The fourth-order valence-electron chi connectivity index (χ4n) is 3.39. The molecule has 0 spiro atoms. The lowest BCUT2D eigenvalue weighted by molar-refractivity contribution is 0.394. The first-order chi connectivity index (χ1) is 13.7. The van der Waals surface area contributed by atoms with Crippen LogP contribution in [0.1, 0.15) is 12.8 Å². The Labute approximate surface area is 169 Å². The monoisotopic (exact) mass is 396 g/mol. The first kappa shape index (κ1) is 18.6. The van der Waals surface area contributed by atoms with Crippen LogP contribution in [0.2, 0.25) is 0 Å². The summed E-state index contributed by atoms with van der Waals surface area (Å²) in [5.74, 6) is 2.40. The second-order valence-electron chi connectivity index (χ2n) is 6.77. The van der Waals surface area contributed by atoms with Crippen LogP contribution in [0.5, 0.6) is 11.5 Å². The zero-order chi connectivity index (χ0) is 19.3. The highest BCUT2D eigenvalue weighted by molar-refractivity contribution is 7.09. The third kappa shape index (κ3) is 4.20. The third-order valence-electron chi connectivity index (χ3n) is 4.94. The molecule has 146 valence electrons. The zero-order valence-corrected chi connectivity index (χ0v) is 16.9. The summed E-state index contributed by atoms with van der Waals surface area (Å²) in [7, 11) is 3.34. The number of rotatable bonds is 6. The first-order valence-corrected chi connectivity index (χ1v) is 10.2. The maximum atomic E-state index is 5.36. The van der Waals surface area contributed by atoms with E-state index in [2.05, 4.69) is 14.6 Å². The number of hydrogen-bond donors (Lipinski definition) is 1. The van der Waals surface area contributed by atoms with Gasteiger partial charge in [-0.15, -0.1) is 0 Å². The Morgan fingerprint density at radius 1 is 1.00 bits per heavy atom. The van der Waals surface area contributed by atoms with Gasteiger partial charge < -0.3 is 19.7 Å². The summed E-state index contributed by atoms with van der Waals surface area (Å²) in [6.07, 6.45) is 2.08. The molecule has 1 aliphatic heterocycles. The quantitative estimate of drug-likeness (QED) is 0.670. The molecule has 0 amide bonds. The molecule has 1 saturated heterocycles. The van der Waals surface area contributed by atoms with Gasteiger partial charge >= 0.3 is 0 Å². The Morgan fingerprint density at radius 3 is 2.32 bits per heavy atom. The summed E-state index contributed by atoms with van der Waals surface area (Å²) in [6.45, 7) is 1.92. The van der Waals surface area contributed by atoms with Crippen molar-refractivity contribution in [1.29, 1.82) is 0 Å². The number of hydrogen-bond acceptors (Lipinski definition) is 7. The maximum Gasteiger partial charge on any atom is 0.205 e. The minimum Gasteiger partial charge on any atom is -0.497 e. The van der Waals surface area contributed by atoms with Crippen LogP contribution in [-0.2, 0) is 0 Å². The highest BCUT2D eigenvalue weighted by atomic mass is 32.1. The van der Waals surface area contributed by atoms with E-state index in [4.69, 9.17) is 14.5 Å². The Kier molecular flexibility index (Phi) is 5.62. The van der Waals surface area contributed by atoms with E-state index >= 15 is 0 Å². The van der Waals surface area contributed by atoms with Crippen molar-refractivity contribution < 1.29 is 9.47 Å². The predicted octanol–water partition coefficient (Wildman–Crippen LogP) is 4.30. The van der Waals surface area contributed by atoms with Crippen molar-refractivity contribution in [2.45, 2.75) is 18.9 Å². The SMILES string of the molecule is COc1cc(NC2CCN(c3nc(-c4ccccc4)ns3)CC2)cc(OC)c1.